The number of amides is 1. The molecule has 3 rings (SSSR count). The summed E-state index contributed by atoms with van der Waals surface area (Å²) in [6, 6.07) is 5.71. The lowest BCUT2D eigenvalue weighted by Gasteiger charge is -2.11. The Kier molecular flexibility index (Phi) is 6.34. The monoisotopic (exact) mass is 411 g/mol. The first kappa shape index (κ1) is 21.7. The SMILES string of the molecule is Cc1cccc(-c2nc(C(C)C)no2)c1NC(=O)CCCc1nc(C(C)(C)C)no1. The van der Waals surface area contributed by atoms with Crippen LogP contribution in [0.1, 0.15) is 76.5 Å². The zero-order valence-electron chi connectivity index (χ0n) is 18.4. The number of nitrogens with zero attached hydrogens (tertiary/aromatic N) is 4. The Morgan fingerprint density at radius 3 is 2.53 bits per heavy atom. The first-order valence-electron chi connectivity index (χ1n) is 10.2. The molecule has 0 unspecified atom stereocenters. The first-order valence-corrected chi connectivity index (χ1v) is 10.2. The molecule has 0 saturated carbocycles. The highest BCUT2D eigenvalue weighted by Gasteiger charge is 2.21. The molecule has 3 aromatic rings. The average Bonchev–Trinajstić information content (AvgIpc) is 3.33. The number of aromatic nitrogens is 4. The van der Waals surface area contributed by atoms with Gasteiger partial charge in [-0.15, -0.1) is 0 Å². The Balaban J connectivity index is 1.64. The molecule has 1 amide bonds. The van der Waals surface area contributed by atoms with Crippen molar-refractivity contribution < 1.29 is 13.8 Å². The molecule has 2 heterocycles. The van der Waals surface area contributed by atoms with Gasteiger partial charge in [-0.1, -0.05) is 57.1 Å². The predicted octanol–water partition coefficient (Wildman–Crippen LogP) is 4.81. The van der Waals surface area contributed by atoms with E-state index in [-0.39, 0.29) is 17.2 Å². The van der Waals surface area contributed by atoms with E-state index in [9.17, 15) is 4.79 Å². The zero-order chi connectivity index (χ0) is 21.9. The van der Waals surface area contributed by atoms with Gasteiger partial charge in [0.05, 0.1) is 11.3 Å². The molecule has 0 saturated heterocycles. The second-order valence-electron chi connectivity index (χ2n) is 8.77. The van der Waals surface area contributed by atoms with Crippen LogP contribution in [0.5, 0.6) is 0 Å². The van der Waals surface area contributed by atoms with Crippen LogP contribution in [0.15, 0.2) is 27.2 Å². The van der Waals surface area contributed by atoms with Gasteiger partial charge >= 0.3 is 0 Å². The highest BCUT2D eigenvalue weighted by atomic mass is 16.5. The predicted molar refractivity (Wildman–Crippen MR) is 113 cm³/mol. The van der Waals surface area contributed by atoms with Crippen molar-refractivity contribution >= 4 is 11.6 Å². The second-order valence-corrected chi connectivity index (χ2v) is 8.77. The number of para-hydroxylation sites is 1. The number of anilines is 1. The summed E-state index contributed by atoms with van der Waals surface area (Å²) in [5, 5.41) is 11.0. The van der Waals surface area contributed by atoms with Crippen LogP contribution >= 0.6 is 0 Å². The van der Waals surface area contributed by atoms with Crippen molar-refractivity contribution in [1.82, 2.24) is 20.3 Å². The number of nitrogens with one attached hydrogen (secondary N) is 1. The normalized spacial score (nSPS) is 11.8. The number of carbonyl (C=O) groups excluding carboxylic acids is 1. The molecule has 0 bridgehead atoms. The van der Waals surface area contributed by atoms with Gasteiger partial charge in [-0.2, -0.15) is 9.97 Å². The Bertz CT molecular complexity index is 1010. The number of rotatable bonds is 7. The van der Waals surface area contributed by atoms with Crippen LogP contribution in [-0.4, -0.2) is 26.2 Å². The molecule has 8 heteroatoms. The lowest BCUT2D eigenvalue weighted by molar-refractivity contribution is -0.116. The second kappa shape index (κ2) is 8.77. The number of benzene rings is 1. The molecule has 0 aliphatic rings. The molecule has 0 aliphatic carbocycles. The topological polar surface area (TPSA) is 107 Å². The van der Waals surface area contributed by atoms with Gasteiger partial charge in [-0.3, -0.25) is 4.79 Å². The summed E-state index contributed by atoms with van der Waals surface area (Å²) in [7, 11) is 0. The maximum absolute atomic E-state index is 12.6. The maximum Gasteiger partial charge on any atom is 0.260 e. The largest absolute Gasteiger partial charge is 0.339 e. The van der Waals surface area contributed by atoms with Crippen LogP contribution in [0.4, 0.5) is 5.69 Å². The smallest absolute Gasteiger partial charge is 0.260 e. The lowest BCUT2D eigenvalue weighted by Crippen LogP contribution is -2.14. The molecule has 0 aliphatic heterocycles. The van der Waals surface area contributed by atoms with Crippen LogP contribution in [-0.2, 0) is 16.6 Å². The molecule has 8 nitrogen and oxygen atoms in total. The van der Waals surface area contributed by atoms with E-state index >= 15 is 0 Å². The zero-order valence-corrected chi connectivity index (χ0v) is 18.4. The summed E-state index contributed by atoms with van der Waals surface area (Å²) in [5.41, 5.74) is 2.17. The Labute approximate surface area is 176 Å². The van der Waals surface area contributed by atoms with Crippen molar-refractivity contribution in [2.75, 3.05) is 5.32 Å². The van der Waals surface area contributed by atoms with Crippen molar-refractivity contribution in [3.05, 3.63) is 41.3 Å². The first-order chi connectivity index (χ1) is 14.1. The summed E-state index contributed by atoms with van der Waals surface area (Å²) in [5.74, 6) is 2.33. The molecule has 1 aromatic carbocycles. The molecular weight excluding hydrogens is 382 g/mol. The van der Waals surface area contributed by atoms with E-state index in [1.165, 1.54) is 0 Å². The van der Waals surface area contributed by atoms with Crippen LogP contribution in [0, 0.1) is 6.92 Å². The van der Waals surface area contributed by atoms with E-state index in [4.69, 9.17) is 9.05 Å². The molecule has 0 fully saturated rings. The van der Waals surface area contributed by atoms with Gasteiger partial charge < -0.3 is 14.4 Å². The number of aryl methyl sites for hydroxylation is 2. The fraction of sp³-hybridized carbons (Fsp3) is 0.500. The molecule has 2 aromatic heterocycles. The Morgan fingerprint density at radius 2 is 1.90 bits per heavy atom. The summed E-state index contributed by atoms with van der Waals surface area (Å²) in [6.45, 7) is 12.0. The summed E-state index contributed by atoms with van der Waals surface area (Å²) in [4.78, 5) is 21.4. The summed E-state index contributed by atoms with van der Waals surface area (Å²) in [6.07, 6.45) is 1.50. The van der Waals surface area contributed by atoms with Crippen LogP contribution < -0.4 is 5.32 Å². The molecule has 30 heavy (non-hydrogen) atoms. The van der Waals surface area contributed by atoms with Crippen molar-refractivity contribution in [1.29, 1.82) is 0 Å². The van der Waals surface area contributed by atoms with Crippen LogP contribution in [0.3, 0.4) is 0 Å². The minimum absolute atomic E-state index is 0.0929. The molecule has 160 valence electrons. The van der Waals surface area contributed by atoms with E-state index in [1.54, 1.807) is 0 Å². The molecule has 0 atom stereocenters. The number of hydrogen-bond acceptors (Lipinski definition) is 7. The van der Waals surface area contributed by atoms with Gasteiger partial charge in [0, 0.05) is 24.2 Å². The Morgan fingerprint density at radius 1 is 1.13 bits per heavy atom. The van der Waals surface area contributed by atoms with E-state index in [2.05, 4.69) is 25.6 Å². The third kappa shape index (κ3) is 5.11. The van der Waals surface area contributed by atoms with Crippen LogP contribution in [0.25, 0.3) is 11.5 Å². The summed E-state index contributed by atoms with van der Waals surface area (Å²) >= 11 is 0. The lowest BCUT2D eigenvalue weighted by atomic mass is 9.96. The Hall–Kier alpha value is -3.03. The quantitative estimate of drug-likeness (QED) is 0.594. The average molecular weight is 412 g/mol. The van der Waals surface area contributed by atoms with Crippen LogP contribution in [0.2, 0.25) is 0 Å². The minimum atomic E-state index is -0.162. The van der Waals surface area contributed by atoms with E-state index < -0.39 is 0 Å². The van der Waals surface area contributed by atoms with Gasteiger partial charge in [0.15, 0.2) is 11.6 Å². The fourth-order valence-electron chi connectivity index (χ4n) is 2.85. The third-order valence-corrected chi connectivity index (χ3v) is 4.66. The molecule has 0 radical (unpaired) electrons. The van der Waals surface area contributed by atoms with Gasteiger partial charge in [0.1, 0.15) is 0 Å². The third-order valence-electron chi connectivity index (χ3n) is 4.66. The number of hydrogen-bond donors (Lipinski definition) is 1. The fourth-order valence-corrected chi connectivity index (χ4v) is 2.85. The van der Waals surface area contributed by atoms with Crippen molar-refractivity contribution in [2.24, 2.45) is 0 Å². The van der Waals surface area contributed by atoms with Crippen molar-refractivity contribution in [3.8, 4) is 11.5 Å². The van der Waals surface area contributed by atoms with Crippen molar-refractivity contribution in [2.45, 2.75) is 72.1 Å². The molecule has 1 N–H and O–H groups in total. The van der Waals surface area contributed by atoms with Gasteiger partial charge in [-0.25, -0.2) is 0 Å². The van der Waals surface area contributed by atoms with Crippen molar-refractivity contribution in [3.63, 3.8) is 0 Å². The standard InChI is InChI=1S/C22H29N5O3/c1-13(2)19-25-20(30-26-19)15-10-7-9-14(3)18(15)23-16(28)11-8-12-17-24-21(27-29-17)22(4,5)6/h7,9-10,13H,8,11-12H2,1-6H3,(H,23,28). The van der Waals surface area contributed by atoms with Gasteiger partial charge in [-0.05, 0) is 25.0 Å². The van der Waals surface area contributed by atoms with E-state index in [1.807, 2.05) is 59.7 Å². The maximum atomic E-state index is 12.6. The molecular formula is C22H29N5O3. The summed E-state index contributed by atoms with van der Waals surface area (Å²) < 4.78 is 10.7. The number of carbonyl (C=O) groups is 1. The minimum Gasteiger partial charge on any atom is -0.339 e. The van der Waals surface area contributed by atoms with E-state index in [0.717, 1.165) is 11.1 Å². The van der Waals surface area contributed by atoms with Gasteiger partial charge in [0.2, 0.25) is 11.8 Å². The van der Waals surface area contributed by atoms with Gasteiger partial charge in [0.25, 0.3) is 5.89 Å². The van der Waals surface area contributed by atoms with E-state index in [0.29, 0.717) is 48.4 Å². The highest BCUT2D eigenvalue weighted by Crippen LogP contribution is 2.30. The highest BCUT2D eigenvalue weighted by molar-refractivity contribution is 5.95. The molecule has 0 spiro atoms.